The summed E-state index contributed by atoms with van der Waals surface area (Å²) >= 11 is 6.09. The van der Waals surface area contributed by atoms with E-state index < -0.39 is 0 Å². The van der Waals surface area contributed by atoms with Crippen LogP contribution in [-0.4, -0.2) is 42.6 Å². The third-order valence-corrected chi connectivity index (χ3v) is 4.48. The largest absolute Gasteiger partial charge is 0.447 e. The van der Waals surface area contributed by atoms with Crippen molar-refractivity contribution in [3.8, 4) is 0 Å². The lowest BCUT2D eigenvalue weighted by Crippen LogP contribution is -2.27. The lowest BCUT2D eigenvalue weighted by Gasteiger charge is -2.20. The van der Waals surface area contributed by atoms with E-state index in [-0.39, 0.29) is 5.91 Å². The maximum atomic E-state index is 12.0. The first-order valence-electron chi connectivity index (χ1n) is 8.82. The highest BCUT2D eigenvalue weighted by Crippen LogP contribution is 2.30. The van der Waals surface area contributed by atoms with Gasteiger partial charge in [-0.25, -0.2) is 4.98 Å². The van der Waals surface area contributed by atoms with Crippen LogP contribution in [0.3, 0.4) is 0 Å². The Labute approximate surface area is 158 Å². The van der Waals surface area contributed by atoms with Gasteiger partial charge in [0.2, 0.25) is 5.89 Å². The molecule has 0 bridgehead atoms. The number of nitrogens with one attached hydrogen (secondary N) is 1. The van der Waals surface area contributed by atoms with E-state index in [4.69, 9.17) is 20.8 Å². The molecular weight excluding hydrogens is 354 g/mol. The molecule has 0 atom stereocenters. The van der Waals surface area contributed by atoms with E-state index in [1.54, 1.807) is 7.11 Å². The number of rotatable bonds is 10. The first-order chi connectivity index (χ1) is 12.6. The molecule has 0 radical (unpaired) electrons. The molecule has 1 aromatic carbocycles. The first kappa shape index (κ1) is 18.9. The zero-order valence-corrected chi connectivity index (χ0v) is 15.7. The lowest BCUT2D eigenvalue weighted by molar-refractivity contribution is 0.0932. The minimum atomic E-state index is -0.249. The molecule has 2 aromatic rings. The number of carbonyl (C=O) groups excluding carboxylic acids is 1. The van der Waals surface area contributed by atoms with Crippen molar-refractivity contribution < 1.29 is 13.9 Å². The highest BCUT2D eigenvalue weighted by atomic mass is 35.5. The molecule has 1 N–H and O–H groups in total. The smallest absolute Gasteiger partial charge is 0.273 e. The van der Waals surface area contributed by atoms with E-state index in [1.807, 2.05) is 18.2 Å². The molecule has 1 saturated carbocycles. The molecule has 7 heteroatoms. The average molecular weight is 378 g/mol. The van der Waals surface area contributed by atoms with Gasteiger partial charge < -0.3 is 14.5 Å². The summed E-state index contributed by atoms with van der Waals surface area (Å²) in [5, 5.41) is 3.48. The Hall–Kier alpha value is -1.89. The molecule has 1 amide bonds. The Balaban J connectivity index is 1.60. The van der Waals surface area contributed by atoms with E-state index in [0.29, 0.717) is 31.3 Å². The number of benzene rings is 1. The van der Waals surface area contributed by atoms with Gasteiger partial charge in [-0.2, -0.15) is 0 Å². The Morgan fingerprint density at radius 1 is 1.42 bits per heavy atom. The van der Waals surface area contributed by atoms with Gasteiger partial charge in [0.05, 0.1) is 13.2 Å². The quantitative estimate of drug-likeness (QED) is 0.644. The topological polar surface area (TPSA) is 67.6 Å². The second-order valence-corrected chi connectivity index (χ2v) is 7.05. The van der Waals surface area contributed by atoms with E-state index in [2.05, 4.69) is 21.3 Å². The highest BCUT2D eigenvalue weighted by molar-refractivity contribution is 6.30. The molecule has 140 valence electrons. The van der Waals surface area contributed by atoms with E-state index in [1.165, 1.54) is 19.1 Å². The van der Waals surface area contributed by atoms with E-state index in [0.717, 1.165) is 29.6 Å². The maximum Gasteiger partial charge on any atom is 0.273 e. The summed E-state index contributed by atoms with van der Waals surface area (Å²) in [6, 6.07) is 7.88. The molecule has 1 aliphatic rings. The van der Waals surface area contributed by atoms with Crippen molar-refractivity contribution in [1.29, 1.82) is 0 Å². The van der Waals surface area contributed by atoms with Crippen LogP contribution >= 0.6 is 11.6 Å². The molecule has 26 heavy (non-hydrogen) atoms. The molecule has 0 aliphatic heterocycles. The molecular formula is C19H24ClN3O3. The lowest BCUT2D eigenvalue weighted by atomic mass is 10.2. The van der Waals surface area contributed by atoms with Gasteiger partial charge in [-0.3, -0.25) is 9.69 Å². The van der Waals surface area contributed by atoms with Crippen molar-refractivity contribution in [2.45, 2.75) is 25.9 Å². The Morgan fingerprint density at radius 2 is 2.27 bits per heavy atom. The van der Waals surface area contributed by atoms with Gasteiger partial charge in [-0.05, 0) is 36.5 Å². The summed E-state index contributed by atoms with van der Waals surface area (Å²) in [6.45, 7) is 3.23. The second-order valence-electron chi connectivity index (χ2n) is 6.62. The molecule has 1 heterocycles. The summed E-state index contributed by atoms with van der Waals surface area (Å²) in [7, 11) is 1.59. The van der Waals surface area contributed by atoms with E-state index in [9.17, 15) is 4.79 Å². The predicted molar refractivity (Wildman–Crippen MR) is 99.0 cm³/mol. The van der Waals surface area contributed by atoms with Gasteiger partial charge in [0, 0.05) is 31.8 Å². The van der Waals surface area contributed by atoms with Crippen molar-refractivity contribution in [2.75, 3.05) is 26.8 Å². The molecule has 0 saturated heterocycles. The third kappa shape index (κ3) is 5.83. The number of oxazole rings is 1. The number of hydrogen-bond donors (Lipinski definition) is 1. The van der Waals surface area contributed by atoms with Crippen LogP contribution in [0.2, 0.25) is 5.02 Å². The Morgan fingerprint density at radius 3 is 3.00 bits per heavy atom. The summed E-state index contributed by atoms with van der Waals surface area (Å²) < 4.78 is 10.4. The van der Waals surface area contributed by atoms with Crippen molar-refractivity contribution in [1.82, 2.24) is 15.2 Å². The summed E-state index contributed by atoms with van der Waals surface area (Å²) in [5.41, 5.74) is 1.45. The van der Waals surface area contributed by atoms with Gasteiger partial charge in [-0.15, -0.1) is 0 Å². The number of aromatic nitrogens is 1. The zero-order valence-electron chi connectivity index (χ0n) is 14.9. The summed E-state index contributed by atoms with van der Waals surface area (Å²) in [5.74, 6) is 1.03. The van der Waals surface area contributed by atoms with Crippen LogP contribution in [-0.2, 0) is 17.8 Å². The molecule has 6 nitrogen and oxygen atoms in total. The molecule has 0 spiro atoms. The highest BCUT2D eigenvalue weighted by Gasteiger charge is 2.25. The fourth-order valence-corrected chi connectivity index (χ4v) is 2.99. The average Bonchev–Trinajstić information content (AvgIpc) is 3.30. The van der Waals surface area contributed by atoms with Crippen LogP contribution in [0.1, 0.15) is 34.8 Å². The van der Waals surface area contributed by atoms with Crippen LogP contribution in [0, 0.1) is 5.92 Å². The van der Waals surface area contributed by atoms with Crippen molar-refractivity contribution in [2.24, 2.45) is 5.92 Å². The molecule has 1 fully saturated rings. The maximum absolute atomic E-state index is 12.0. The van der Waals surface area contributed by atoms with Crippen molar-refractivity contribution in [3.05, 3.63) is 52.7 Å². The number of carbonyl (C=O) groups is 1. The summed E-state index contributed by atoms with van der Waals surface area (Å²) in [4.78, 5) is 18.6. The molecule has 0 unspecified atom stereocenters. The SMILES string of the molecule is COCCNC(=O)c1coc(CN(Cc2cccc(Cl)c2)CC2CC2)n1. The van der Waals surface area contributed by atoms with Crippen molar-refractivity contribution in [3.63, 3.8) is 0 Å². The predicted octanol–water partition coefficient (Wildman–Crippen LogP) is 3.12. The number of nitrogens with zero attached hydrogens (tertiary/aromatic N) is 2. The number of hydrogen-bond acceptors (Lipinski definition) is 5. The zero-order chi connectivity index (χ0) is 18.4. The molecule has 1 aliphatic carbocycles. The van der Waals surface area contributed by atoms with Crippen LogP contribution < -0.4 is 5.32 Å². The number of amides is 1. The second kappa shape index (κ2) is 9.16. The monoisotopic (exact) mass is 377 g/mol. The first-order valence-corrected chi connectivity index (χ1v) is 9.20. The fraction of sp³-hybridized carbons (Fsp3) is 0.474. The van der Waals surface area contributed by atoms with Crippen molar-refractivity contribution >= 4 is 17.5 Å². The minimum absolute atomic E-state index is 0.249. The Kier molecular flexibility index (Phi) is 6.66. The standard InChI is InChI=1S/C19H24ClN3O3/c1-25-8-7-21-19(24)17-13-26-18(22-17)12-23(10-14-5-6-14)11-15-3-2-4-16(20)9-15/h2-4,9,13-14H,5-8,10-12H2,1H3,(H,21,24). The number of ether oxygens (including phenoxy) is 1. The third-order valence-electron chi connectivity index (χ3n) is 4.24. The van der Waals surface area contributed by atoms with Gasteiger partial charge in [0.15, 0.2) is 5.69 Å². The van der Waals surface area contributed by atoms with Gasteiger partial charge in [-0.1, -0.05) is 23.7 Å². The molecule has 3 rings (SSSR count). The van der Waals surface area contributed by atoms with Crippen LogP contribution in [0.15, 0.2) is 34.9 Å². The summed E-state index contributed by atoms with van der Waals surface area (Å²) in [6.07, 6.45) is 3.95. The van der Waals surface area contributed by atoms with Gasteiger partial charge >= 0.3 is 0 Å². The fourth-order valence-electron chi connectivity index (χ4n) is 2.78. The number of halogens is 1. The van der Waals surface area contributed by atoms with Crippen LogP contribution in [0.4, 0.5) is 0 Å². The normalized spacial score (nSPS) is 14.0. The van der Waals surface area contributed by atoms with Crippen LogP contribution in [0.5, 0.6) is 0 Å². The van der Waals surface area contributed by atoms with Crippen LogP contribution in [0.25, 0.3) is 0 Å². The van der Waals surface area contributed by atoms with Gasteiger partial charge in [0.25, 0.3) is 5.91 Å². The van der Waals surface area contributed by atoms with Gasteiger partial charge in [0.1, 0.15) is 6.26 Å². The van der Waals surface area contributed by atoms with E-state index >= 15 is 0 Å². The number of methoxy groups -OCH3 is 1. The Bertz CT molecular complexity index is 730. The minimum Gasteiger partial charge on any atom is -0.447 e. The molecule has 1 aromatic heterocycles.